The summed E-state index contributed by atoms with van der Waals surface area (Å²) in [4.78, 5) is 29.9. The minimum absolute atomic E-state index is 0.0862. The molecule has 0 aliphatic rings. The fraction of sp³-hybridized carbons (Fsp3) is 0.300. The average molecular weight is 431 g/mol. The topological polar surface area (TPSA) is 113 Å². The summed E-state index contributed by atoms with van der Waals surface area (Å²) in [6.45, 7) is 3.64. The highest BCUT2D eigenvalue weighted by molar-refractivity contribution is 7.12. The number of anilines is 1. The molecular formula is C20H21N3O6S. The molecule has 3 aromatic rings. The molecule has 3 rings (SSSR count). The monoisotopic (exact) mass is 431 g/mol. The molecule has 1 aromatic carbocycles. The Bertz CT molecular complexity index is 1030. The van der Waals surface area contributed by atoms with Gasteiger partial charge in [-0.1, -0.05) is 25.1 Å². The highest BCUT2D eigenvalue weighted by Gasteiger charge is 2.21. The van der Waals surface area contributed by atoms with Crippen LogP contribution in [-0.4, -0.2) is 36.2 Å². The van der Waals surface area contributed by atoms with Crippen molar-refractivity contribution < 1.29 is 28.3 Å². The number of hydrogen-bond donors (Lipinski definition) is 1. The van der Waals surface area contributed by atoms with Crippen LogP contribution in [0.4, 0.5) is 5.69 Å². The Morgan fingerprint density at radius 3 is 2.53 bits per heavy atom. The van der Waals surface area contributed by atoms with Crippen LogP contribution in [0.5, 0.6) is 11.5 Å². The quantitative estimate of drug-likeness (QED) is 0.535. The van der Waals surface area contributed by atoms with Gasteiger partial charge in [0.05, 0.1) is 30.3 Å². The molecule has 9 nitrogen and oxygen atoms in total. The first kappa shape index (κ1) is 21.3. The second-order valence-corrected chi connectivity index (χ2v) is 7.41. The second kappa shape index (κ2) is 9.40. The van der Waals surface area contributed by atoms with Crippen molar-refractivity contribution in [3.8, 4) is 11.5 Å². The number of methoxy groups -OCH3 is 2. The molecule has 0 fully saturated rings. The molecule has 0 radical (unpaired) electrons. The number of esters is 1. The SMILES string of the molecule is COc1cc(NC(=O)c2cccs2)c(C(=O)OCc2nc(C(C)C)no2)cc1OC. The van der Waals surface area contributed by atoms with Crippen LogP contribution in [-0.2, 0) is 11.3 Å². The number of hydrogen-bond acceptors (Lipinski definition) is 9. The molecule has 1 amide bonds. The van der Waals surface area contributed by atoms with Gasteiger partial charge in [0.1, 0.15) is 0 Å². The molecular weight excluding hydrogens is 410 g/mol. The fourth-order valence-electron chi connectivity index (χ4n) is 2.51. The van der Waals surface area contributed by atoms with Crippen molar-refractivity contribution >= 4 is 28.9 Å². The van der Waals surface area contributed by atoms with Crippen LogP contribution in [0.25, 0.3) is 0 Å². The molecule has 0 unspecified atom stereocenters. The Hall–Kier alpha value is -3.40. The number of benzene rings is 1. The molecule has 0 aliphatic heterocycles. The van der Waals surface area contributed by atoms with Gasteiger partial charge < -0.3 is 24.1 Å². The number of thiophene rings is 1. The third-order valence-electron chi connectivity index (χ3n) is 4.06. The molecule has 0 saturated carbocycles. The van der Waals surface area contributed by atoms with E-state index in [-0.39, 0.29) is 35.6 Å². The van der Waals surface area contributed by atoms with Crippen LogP contribution < -0.4 is 14.8 Å². The number of carbonyl (C=O) groups excluding carboxylic acids is 2. The van der Waals surface area contributed by atoms with E-state index in [2.05, 4.69) is 15.5 Å². The van der Waals surface area contributed by atoms with Crippen molar-refractivity contribution in [2.24, 2.45) is 0 Å². The van der Waals surface area contributed by atoms with Gasteiger partial charge >= 0.3 is 5.97 Å². The molecule has 30 heavy (non-hydrogen) atoms. The highest BCUT2D eigenvalue weighted by atomic mass is 32.1. The number of nitrogens with one attached hydrogen (secondary N) is 1. The lowest BCUT2D eigenvalue weighted by atomic mass is 10.1. The number of rotatable bonds is 8. The number of amides is 1. The second-order valence-electron chi connectivity index (χ2n) is 6.46. The Labute approximate surface area is 177 Å². The smallest absolute Gasteiger partial charge is 0.340 e. The molecule has 0 saturated heterocycles. The van der Waals surface area contributed by atoms with Gasteiger partial charge in [-0.25, -0.2) is 4.79 Å². The maximum absolute atomic E-state index is 12.8. The van der Waals surface area contributed by atoms with Crippen LogP contribution in [0.2, 0.25) is 0 Å². The summed E-state index contributed by atoms with van der Waals surface area (Å²) in [6, 6.07) is 6.39. The minimum atomic E-state index is -0.693. The van der Waals surface area contributed by atoms with Crippen LogP contribution in [0.3, 0.4) is 0 Å². The van der Waals surface area contributed by atoms with Gasteiger partial charge in [-0.3, -0.25) is 4.79 Å². The summed E-state index contributed by atoms with van der Waals surface area (Å²) in [6.07, 6.45) is 0. The summed E-state index contributed by atoms with van der Waals surface area (Å²) >= 11 is 1.28. The predicted octanol–water partition coefficient (Wildman–Crippen LogP) is 3.88. The Morgan fingerprint density at radius 1 is 1.20 bits per heavy atom. The largest absolute Gasteiger partial charge is 0.493 e. The van der Waals surface area contributed by atoms with Gasteiger partial charge in [0.15, 0.2) is 23.9 Å². The minimum Gasteiger partial charge on any atom is -0.493 e. The molecule has 0 atom stereocenters. The van der Waals surface area contributed by atoms with E-state index in [4.69, 9.17) is 18.7 Å². The lowest BCUT2D eigenvalue weighted by Crippen LogP contribution is -2.15. The van der Waals surface area contributed by atoms with Crippen LogP contribution >= 0.6 is 11.3 Å². The fourth-order valence-corrected chi connectivity index (χ4v) is 3.13. The summed E-state index contributed by atoms with van der Waals surface area (Å²) in [5.41, 5.74) is 0.325. The first-order chi connectivity index (χ1) is 14.4. The van der Waals surface area contributed by atoms with E-state index in [1.54, 1.807) is 17.5 Å². The summed E-state index contributed by atoms with van der Waals surface area (Å²) in [5, 5.41) is 8.34. The zero-order chi connectivity index (χ0) is 21.7. The van der Waals surface area contributed by atoms with E-state index in [1.807, 2.05) is 13.8 Å². The maximum atomic E-state index is 12.8. The third kappa shape index (κ3) is 4.77. The number of ether oxygens (including phenoxy) is 3. The van der Waals surface area contributed by atoms with Gasteiger partial charge in [-0.15, -0.1) is 11.3 Å². The normalized spacial score (nSPS) is 10.7. The predicted molar refractivity (Wildman–Crippen MR) is 109 cm³/mol. The first-order valence-corrected chi connectivity index (χ1v) is 9.91. The molecule has 10 heteroatoms. The van der Waals surface area contributed by atoms with Crippen molar-refractivity contribution in [2.75, 3.05) is 19.5 Å². The van der Waals surface area contributed by atoms with Gasteiger partial charge in [0.25, 0.3) is 11.8 Å². The van der Waals surface area contributed by atoms with Crippen LogP contribution in [0.15, 0.2) is 34.2 Å². The molecule has 2 heterocycles. The van der Waals surface area contributed by atoms with Gasteiger partial charge in [0, 0.05) is 18.1 Å². The zero-order valence-corrected chi connectivity index (χ0v) is 17.7. The van der Waals surface area contributed by atoms with E-state index < -0.39 is 5.97 Å². The molecule has 0 aliphatic carbocycles. The molecule has 158 valence electrons. The molecule has 0 bridgehead atoms. The van der Waals surface area contributed by atoms with Crippen molar-refractivity contribution in [2.45, 2.75) is 26.4 Å². The number of nitrogens with zero attached hydrogens (tertiary/aromatic N) is 2. The van der Waals surface area contributed by atoms with Gasteiger partial charge in [-0.05, 0) is 11.4 Å². The van der Waals surface area contributed by atoms with Gasteiger partial charge in [-0.2, -0.15) is 4.98 Å². The van der Waals surface area contributed by atoms with Crippen molar-refractivity contribution in [1.82, 2.24) is 10.1 Å². The Balaban J connectivity index is 1.84. The molecule has 1 N–H and O–H groups in total. The van der Waals surface area contributed by atoms with Crippen molar-refractivity contribution in [3.05, 3.63) is 51.8 Å². The third-order valence-corrected chi connectivity index (χ3v) is 4.93. The number of aromatic nitrogens is 2. The van der Waals surface area contributed by atoms with E-state index in [9.17, 15) is 9.59 Å². The number of carbonyl (C=O) groups is 2. The molecule has 2 aromatic heterocycles. The average Bonchev–Trinajstić information content (AvgIpc) is 3.43. The van der Waals surface area contributed by atoms with Gasteiger partial charge in [0.2, 0.25) is 0 Å². The standard InChI is InChI=1S/C20H21N3O6S/c1-11(2)18-22-17(29-23-18)10-28-20(25)12-8-14(26-3)15(27-4)9-13(12)21-19(24)16-6-5-7-30-16/h5-9,11H,10H2,1-4H3,(H,21,24). The van der Waals surface area contributed by atoms with E-state index in [0.717, 1.165) is 0 Å². The van der Waals surface area contributed by atoms with E-state index >= 15 is 0 Å². The van der Waals surface area contributed by atoms with E-state index in [0.29, 0.717) is 22.2 Å². The first-order valence-electron chi connectivity index (χ1n) is 9.03. The van der Waals surface area contributed by atoms with Crippen LogP contribution in [0, 0.1) is 0 Å². The van der Waals surface area contributed by atoms with Crippen molar-refractivity contribution in [3.63, 3.8) is 0 Å². The highest BCUT2D eigenvalue weighted by Crippen LogP contribution is 2.34. The Kier molecular flexibility index (Phi) is 6.68. The Morgan fingerprint density at radius 2 is 1.93 bits per heavy atom. The lowest BCUT2D eigenvalue weighted by Gasteiger charge is -2.14. The van der Waals surface area contributed by atoms with E-state index in [1.165, 1.54) is 37.7 Å². The maximum Gasteiger partial charge on any atom is 0.340 e. The van der Waals surface area contributed by atoms with Crippen molar-refractivity contribution in [1.29, 1.82) is 0 Å². The van der Waals surface area contributed by atoms with Crippen LogP contribution in [0.1, 0.15) is 51.5 Å². The summed E-state index contributed by atoms with van der Waals surface area (Å²) in [7, 11) is 2.91. The lowest BCUT2D eigenvalue weighted by molar-refractivity contribution is 0.0430. The summed E-state index contributed by atoms with van der Waals surface area (Å²) < 4.78 is 20.9. The molecule has 0 spiro atoms. The summed E-state index contributed by atoms with van der Waals surface area (Å²) in [5.74, 6) is 0.412. The zero-order valence-electron chi connectivity index (χ0n) is 16.9.